The third-order valence-corrected chi connectivity index (χ3v) is 6.18. The number of carbonyl (C=O) groups excluding carboxylic acids is 1. The number of hydrogen-bond donors (Lipinski definition) is 0. The zero-order valence-electron chi connectivity index (χ0n) is 15.3. The second-order valence-electron chi connectivity index (χ2n) is 5.87. The number of halogens is 1. The van der Waals surface area contributed by atoms with Crippen LogP contribution in [0.4, 0.5) is 4.39 Å². The van der Waals surface area contributed by atoms with Crippen LogP contribution in [-0.4, -0.2) is 23.3 Å². The Morgan fingerprint density at radius 2 is 2.04 bits per heavy atom. The van der Waals surface area contributed by atoms with Crippen LogP contribution in [0.2, 0.25) is 0 Å². The van der Waals surface area contributed by atoms with Crippen molar-refractivity contribution in [2.45, 2.75) is 31.2 Å². The number of thioether (sulfide) groups is 1. The monoisotopic (exact) mass is 404 g/mol. The van der Waals surface area contributed by atoms with E-state index in [1.807, 2.05) is 29.7 Å². The number of aromatic nitrogens is 1. The van der Waals surface area contributed by atoms with Crippen LogP contribution < -0.4 is 9.54 Å². The molecule has 27 heavy (non-hydrogen) atoms. The number of thiazole rings is 1. The molecule has 2 aromatic carbocycles. The van der Waals surface area contributed by atoms with Gasteiger partial charge in [0, 0.05) is 17.9 Å². The third kappa shape index (κ3) is 4.99. The van der Waals surface area contributed by atoms with Crippen molar-refractivity contribution in [3.8, 4) is 5.75 Å². The largest absolute Gasteiger partial charge is 0.497 e. The van der Waals surface area contributed by atoms with E-state index in [1.165, 1.54) is 23.5 Å². The summed E-state index contributed by atoms with van der Waals surface area (Å²) in [5.74, 6) is 1.24. The second-order valence-corrected chi connectivity index (χ2v) is 8.05. The van der Waals surface area contributed by atoms with Crippen LogP contribution in [0.3, 0.4) is 0 Å². The summed E-state index contributed by atoms with van der Waals surface area (Å²) in [6.45, 7) is 2.79. The molecule has 0 saturated heterocycles. The van der Waals surface area contributed by atoms with Crippen molar-refractivity contribution in [3.05, 3.63) is 53.1 Å². The minimum Gasteiger partial charge on any atom is -0.497 e. The summed E-state index contributed by atoms with van der Waals surface area (Å²) in [7, 11) is 1.64. The first-order chi connectivity index (χ1) is 13.1. The first-order valence-corrected chi connectivity index (χ1v) is 10.5. The van der Waals surface area contributed by atoms with Crippen LogP contribution in [0.25, 0.3) is 10.2 Å². The Labute approximate surface area is 165 Å². The van der Waals surface area contributed by atoms with Gasteiger partial charge in [-0.05, 0) is 61.6 Å². The lowest BCUT2D eigenvalue weighted by Crippen LogP contribution is -2.15. The van der Waals surface area contributed by atoms with E-state index in [0.717, 1.165) is 44.4 Å². The molecule has 142 valence electrons. The van der Waals surface area contributed by atoms with Gasteiger partial charge in [0.1, 0.15) is 11.6 Å². The van der Waals surface area contributed by atoms with E-state index in [2.05, 4.69) is 4.99 Å². The highest BCUT2D eigenvalue weighted by Gasteiger charge is 2.08. The molecule has 1 aromatic heterocycles. The van der Waals surface area contributed by atoms with Crippen molar-refractivity contribution in [2.24, 2.45) is 4.99 Å². The number of ether oxygens (including phenoxy) is 1. The van der Waals surface area contributed by atoms with E-state index >= 15 is 0 Å². The van der Waals surface area contributed by atoms with Gasteiger partial charge in [0.2, 0.25) is 5.91 Å². The molecule has 0 aliphatic heterocycles. The van der Waals surface area contributed by atoms with Gasteiger partial charge in [-0.15, -0.1) is 11.8 Å². The van der Waals surface area contributed by atoms with Gasteiger partial charge in [0.05, 0.1) is 17.3 Å². The number of hydrogen-bond acceptors (Lipinski definition) is 4. The maximum absolute atomic E-state index is 12.9. The first kappa shape index (κ1) is 19.6. The SMILES string of the molecule is CCn1c(=NC(=O)CCCSc2ccc(F)cc2)sc2cc(OC)ccc21. The van der Waals surface area contributed by atoms with Crippen molar-refractivity contribution < 1.29 is 13.9 Å². The number of methoxy groups -OCH3 is 1. The topological polar surface area (TPSA) is 43.6 Å². The Morgan fingerprint density at radius 3 is 2.74 bits per heavy atom. The number of nitrogens with zero attached hydrogens (tertiary/aromatic N) is 2. The summed E-state index contributed by atoms with van der Waals surface area (Å²) < 4.78 is 21.3. The van der Waals surface area contributed by atoms with Gasteiger partial charge in [-0.3, -0.25) is 4.79 Å². The van der Waals surface area contributed by atoms with Crippen molar-refractivity contribution in [1.29, 1.82) is 0 Å². The molecule has 1 amide bonds. The highest BCUT2D eigenvalue weighted by Crippen LogP contribution is 2.23. The zero-order valence-corrected chi connectivity index (χ0v) is 16.9. The molecule has 7 heteroatoms. The van der Waals surface area contributed by atoms with Crippen molar-refractivity contribution in [1.82, 2.24) is 4.57 Å². The van der Waals surface area contributed by atoms with Crippen LogP contribution in [-0.2, 0) is 11.3 Å². The lowest BCUT2D eigenvalue weighted by atomic mass is 10.3. The Kier molecular flexibility index (Phi) is 6.68. The molecule has 0 saturated carbocycles. The molecule has 0 aliphatic carbocycles. The maximum atomic E-state index is 12.9. The minimum atomic E-state index is -0.237. The number of amides is 1. The van der Waals surface area contributed by atoms with E-state index < -0.39 is 0 Å². The Balaban J connectivity index is 1.64. The fraction of sp³-hybridized carbons (Fsp3) is 0.300. The van der Waals surface area contributed by atoms with Crippen LogP contribution in [0.5, 0.6) is 5.75 Å². The highest BCUT2D eigenvalue weighted by atomic mass is 32.2. The second kappa shape index (κ2) is 9.19. The molecule has 3 rings (SSSR count). The smallest absolute Gasteiger partial charge is 0.248 e. The molecule has 0 unspecified atom stereocenters. The number of fused-ring (bicyclic) bond motifs is 1. The molecular weight excluding hydrogens is 383 g/mol. The minimum absolute atomic E-state index is 0.115. The molecule has 0 atom stereocenters. The fourth-order valence-electron chi connectivity index (χ4n) is 2.68. The molecule has 0 aliphatic rings. The average molecular weight is 405 g/mol. The molecular formula is C20H21FN2O2S2. The molecule has 3 aromatic rings. The number of aryl methyl sites for hydroxylation is 1. The maximum Gasteiger partial charge on any atom is 0.248 e. The van der Waals surface area contributed by atoms with Crippen LogP contribution in [0, 0.1) is 5.82 Å². The number of rotatable bonds is 7. The predicted molar refractivity (Wildman–Crippen MR) is 109 cm³/mol. The van der Waals surface area contributed by atoms with E-state index in [1.54, 1.807) is 31.0 Å². The van der Waals surface area contributed by atoms with Gasteiger partial charge in [-0.2, -0.15) is 4.99 Å². The summed E-state index contributed by atoms with van der Waals surface area (Å²) in [6.07, 6.45) is 1.13. The van der Waals surface area contributed by atoms with E-state index in [-0.39, 0.29) is 11.7 Å². The Morgan fingerprint density at radius 1 is 1.26 bits per heavy atom. The fourth-order valence-corrected chi connectivity index (χ4v) is 4.67. The van der Waals surface area contributed by atoms with Gasteiger partial charge in [-0.25, -0.2) is 4.39 Å². The van der Waals surface area contributed by atoms with Gasteiger partial charge < -0.3 is 9.30 Å². The van der Waals surface area contributed by atoms with Crippen LogP contribution >= 0.6 is 23.1 Å². The predicted octanol–water partition coefficient (Wildman–Crippen LogP) is 4.87. The zero-order chi connectivity index (χ0) is 19.2. The first-order valence-electron chi connectivity index (χ1n) is 8.74. The van der Waals surface area contributed by atoms with Crippen molar-refractivity contribution >= 4 is 39.2 Å². The molecule has 0 radical (unpaired) electrons. The van der Waals surface area contributed by atoms with Crippen LogP contribution in [0.1, 0.15) is 19.8 Å². The standard InChI is InChI=1S/C20H21FN2O2S2/c1-3-23-17-11-8-15(25-2)13-18(17)27-20(23)22-19(24)5-4-12-26-16-9-6-14(21)7-10-16/h6-11,13H,3-5,12H2,1-2H3. The molecule has 1 heterocycles. The van der Waals surface area contributed by atoms with Crippen molar-refractivity contribution in [3.63, 3.8) is 0 Å². The Bertz CT molecular complexity index is 993. The average Bonchev–Trinajstić information content (AvgIpc) is 3.02. The Hall–Kier alpha value is -2.12. The molecule has 0 N–H and O–H groups in total. The lowest BCUT2D eigenvalue weighted by Gasteiger charge is -2.02. The van der Waals surface area contributed by atoms with E-state index in [4.69, 9.17) is 4.74 Å². The van der Waals surface area contributed by atoms with Crippen molar-refractivity contribution in [2.75, 3.05) is 12.9 Å². The van der Waals surface area contributed by atoms with E-state index in [0.29, 0.717) is 6.42 Å². The quantitative estimate of drug-likeness (QED) is 0.417. The summed E-state index contributed by atoms with van der Waals surface area (Å²) in [6, 6.07) is 12.3. The summed E-state index contributed by atoms with van der Waals surface area (Å²) >= 11 is 3.11. The normalized spacial score (nSPS) is 11.9. The number of carbonyl (C=O) groups is 1. The van der Waals surface area contributed by atoms with Gasteiger partial charge >= 0.3 is 0 Å². The molecule has 0 bridgehead atoms. The molecule has 4 nitrogen and oxygen atoms in total. The molecule has 0 fully saturated rings. The lowest BCUT2D eigenvalue weighted by molar-refractivity contribution is -0.118. The summed E-state index contributed by atoms with van der Waals surface area (Å²) in [5.41, 5.74) is 1.06. The summed E-state index contributed by atoms with van der Waals surface area (Å²) in [4.78, 5) is 18.3. The van der Waals surface area contributed by atoms with Gasteiger partial charge in [0.15, 0.2) is 4.80 Å². The van der Waals surface area contributed by atoms with E-state index in [9.17, 15) is 9.18 Å². The van der Waals surface area contributed by atoms with Gasteiger partial charge in [0.25, 0.3) is 0 Å². The molecule has 0 spiro atoms. The third-order valence-electron chi connectivity index (χ3n) is 4.04. The summed E-state index contributed by atoms with van der Waals surface area (Å²) in [5, 5.41) is 0. The van der Waals surface area contributed by atoms with Crippen LogP contribution in [0.15, 0.2) is 52.4 Å². The number of benzene rings is 2. The van der Waals surface area contributed by atoms with Gasteiger partial charge in [-0.1, -0.05) is 11.3 Å². The highest BCUT2D eigenvalue weighted by molar-refractivity contribution is 7.99.